The second-order valence-electron chi connectivity index (χ2n) is 4.10. The van der Waals surface area contributed by atoms with Gasteiger partial charge in [0.15, 0.2) is 11.6 Å². The minimum absolute atomic E-state index is 0.105. The number of anilines is 1. The van der Waals surface area contributed by atoms with Crippen molar-refractivity contribution in [1.82, 2.24) is 9.78 Å². The van der Waals surface area contributed by atoms with Gasteiger partial charge in [0, 0.05) is 19.8 Å². The Morgan fingerprint density at radius 2 is 2.10 bits per heavy atom. The molecule has 9 heteroatoms. The fourth-order valence-electron chi connectivity index (χ4n) is 1.61. The molecule has 0 saturated heterocycles. The van der Waals surface area contributed by atoms with Crippen molar-refractivity contribution in [1.29, 1.82) is 0 Å². The smallest absolute Gasteiger partial charge is 0.265 e. The van der Waals surface area contributed by atoms with Gasteiger partial charge in [0.25, 0.3) is 10.0 Å². The van der Waals surface area contributed by atoms with Gasteiger partial charge in [0.2, 0.25) is 0 Å². The predicted octanol–water partition coefficient (Wildman–Crippen LogP) is 0.958. The van der Waals surface area contributed by atoms with Crippen molar-refractivity contribution in [3.63, 3.8) is 0 Å². The number of nitrogens with one attached hydrogen (secondary N) is 1. The highest BCUT2D eigenvalue weighted by atomic mass is 32.2. The van der Waals surface area contributed by atoms with Crippen LogP contribution in [0.3, 0.4) is 0 Å². The van der Waals surface area contributed by atoms with Crippen LogP contribution in [0.5, 0.6) is 0 Å². The minimum Gasteiger partial charge on any atom is -0.326 e. The molecule has 0 aliphatic heterocycles. The van der Waals surface area contributed by atoms with E-state index in [1.165, 1.54) is 17.1 Å². The zero-order chi connectivity index (χ0) is 14.9. The van der Waals surface area contributed by atoms with E-state index in [1.807, 2.05) is 0 Å². The fraction of sp³-hybridized carbons (Fsp3) is 0.182. The van der Waals surface area contributed by atoms with E-state index in [2.05, 4.69) is 9.82 Å². The topological polar surface area (TPSA) is 90.0 Å². The second kappa shape index (κ2) is 5.17. The summed E-state index contributed by atoms with van der Waals surface area (Å²) in [5, 5.41) is 3.77. The Hall–Kier alpha value is -2.00. The molecule has 0 aliphatic rings. The number of nitrogens with two attached hydrogens (primary N) is 1. The molecule has 0 amide bonds. The van der Waals surface area contributed by atoms with E-state index in [9.17, 15) is 17.2 Å². The molecule has 20 heavy (non-hydrogen) atoms. The molecule has 1 aromatic carbocycles. The standard InChI is InChI=1S/C11H12F2N4O2S/c1-17-6-8(5-15-17)16-20(18,19)10-3-7(4-14)2-9(12)11(10)13/h2-3,5-6,16H,4,14H2,1H3. The highest BCUT2D eigenvalue weighted by Crippen LogP contribution is 2.22. The van der Waals surface area contributed by atoms with Crippen LogP contribution >= 0.6 is 0 Å². The summed E-state index contributed by atoms with van der Waals surface area (Å²) in [7, 11) is -2.67. The van der Waals surface area contributed by atoms with Crippen LogP contribution in [0.1, 0.15) is 5.56 Å². The molecule has 0 saturated carbocycles. The lowest BCUT2D eigenvalue weighted by Gasteiger charge is -2.09. The molecule has 2 rings (SSSR count). The Bertz CT molecular complexity index is 743. The third-order valence-corrected chi connectivity index (χ3v) is 3.92. The minimum atomic E-state index is -4.26. The third kappa shape index (κ3) is 2.78. The van der Waals surface area contributed by atoms with Crippen molar-refractivity contribution < 1.29 is 17.2 Å². The molecule has 6 nitrogen and oxygen atoms in total. The zero-order valence-corrected chi connectivity index (χ0v) is 11.3. The first-order valence-corrected chi connectivity index (χ1v) is 7.01. The van der Waals surface area contributed by atoms with Gasteiger partial charge in [0.1, 0.15) is 4.90 Å². The molecular weight excluding hydrogens is 290 g/mol. The summed E-state index contributed by atoms with van der Waals surface area (Å²) in [5.41, 5.74) is 5.64. The molecule has 0 fully saturated rings. The van der Waals surface area contributed by atoms with Crippen molar-refractivity contribution in [2.75, 3.05) is 4.72 Å². The number of aromatic nitrogens is 2. The van der Waals surface area contributed by atoms with E-state index < -0.39 is 26.6 Å². The van der Waals surface area contributed by atoms with Crippen molar-refractivity contribution in [3.8, 4) is 0 Å². The number of hydrogen-bond donors (Lipinski definition) is 2. The summed E-state index contributed by atoms with van der Waals surface area (Å²) in [6.07, 6.45) is 2.64. The normalized spacial score (nSPS) is 11.6. The Labute approximate surface area is 114 Å². The maximum Gasteiger partial charge on any atom is 0.265 e. The van der Waals surface area contributed by atoms with Crippen molar-refractivity contribution >= 4 is 15.7 Å². The average Bonchev–Trinajstić information content (AvgIpc) is 2.76. The van der Waals surface area contributed by atoms with E-state index in [-0.39, 0.29) is 17.8 Å². The maximum atomic E-state index is 13.7. The second-order valence-corrected chi connectivity index (χ2v) is 5.75. The lowest BCUT2D eigenvalue weighted by Crippen LogP contribution is -2.16. The number of hydrogen-bond acceptors (Lipinski definition) is 4. The van der Waals surface area contributed by atoms with Crippen LogP contribution in [-0.2, 0) is 23.6 Å². The van der Waals surface area contributed by atoms with E-state index in [0.717, 1.165) is 12.1 Å². The molecule has 1 heterocycles. The van der Waals surface area contributed by atoms with Gasteiger partial charge in [0.05, 0.1) is 11.9 Å². The summed E-state index contributed by atoms with van der Waals surface area (Å²) >= 11 is 0. The van der Waals surface area contributed by atoms with Gasteiger partial charge in [-0.2, -0.15) is 5.10 Å². The summed E-state index contributed by atoms with van der Waals surface area (Å²) in [5.74, 6) is -2.71. The van der Waals surface area contributed by atoms with E-state index in [4.69, 9.17) is 5.73 Å². The number of nitrogens with zero attached hydrogens (tertiary/aromatic N) is 2. The molecular formula is C11H12F2N4O2S. The average molecular weight is 302 g/mol. The van der Waals surface area contributed by atoms with Crippen LogP contribution < -0.4 is 10.5 Å². The van der Waals surface area contributed by atoms with E-state index in [0.29, 0.717) is 0 Å². The van der Waals surface area contributed by atoms with Gasteiger partial charge in [-0.15, -0.1) is 0 Å². The molecule has 0 aliphatic carbocycles. The molecule has 0 radical (unpaired) electrons. The molecule has 108 valence electrons. The van der Waals surface area contributed by atoms with Gasteiger partial charge in [-0.25, -0.2) is 17.2 Å². The van der Waals surface area contributed by atoms with Crippen LogP contribution in [0.2, 0.25) is 0 Å². The number of halogens is 2. The predicted molar refractivity (Wildman–Crippen MR) is 68.3 cm³/mol. The Morgan fingerprint density at radius 1 is 1.40 bits per heavy atom. The van der Waals surface area contributed by atoms with Crippen molar-refractivity contribution in [2.24, 2.45) is 12.8 Å². The largest absolute Gasteiger partial charge is 0.326 e. The maximum absolute atomic E-state index is 13.7. The number of sulfonamides is 1. The van der Waals surface area contributed by atoms with Gasteiger partial charge in [-0.05, 0) is 17.7 Å². The highest BCUT2D eigenvalue weighted by molar-refractivity contribution is 7.92. The molecule has 0 atom stereocenters. The SMILES string of the molecule is Cn1cc(NS(=O)(=O)c2cc(CN)cc(F)c2F)cn1. The van der Waals surface area contributed by atoms with Crippen LogP contribution in [0.15, 0.2) is 29.4 Å². The molecule has 0 bridgehead atoms. The Kier molecular flexibility index (Phi) is 3.73. The summed E-state index contributed by atoms with van der Waals surface area (Å²) in [6, 6.07) is 1.86. The summed E-state index contributed by atoms with van der Waals surface area (Å²) in [4.78, 5) is -0.790. The van der Waals surface area contributed by atoms with Crippen LogP contribution in [0.4, 0.5) is 14.5 Å². The van der Waals surface area contributed by atoms with Gasteiger partial charge in [-0.3, -0.25) is 9.40 Å². The zero-order valence-electron chi connectivity index (χ0n) is 10.5. The lowest BCUT2D eigenvalue weighted by molar-refractivity contribution is 0.483. The fourth-order valence-corrected chi connectivity index (χ4v) is 2.78. The number of aryl methyl sites for hydroxylation is 1. The summed E-state index contributed by atoms with van der Waals surface area (Å²) in [6.45, 7) is -0.105. The van der Waals surface area contributed by atoms with Crippen molar-refractivity contribution in [2.45, 2.75) is 11.4 Å². The Balaban J connectivity index is 2.46. The van der Waals surface area contributed by atoms with Crippen molar-refractivity contribution in [3.05, 3.63) is 41.7 Å². The van der Waals surface area contributed by atoms with Gasteiger partial charge < -0.3 is 5.73 Å². The highest BCUT2D eigenvalue weighted by Gasteiger charge is 2.23. The monoisotopic (exact) mass is 302 g/mol. The first kappa shape index (κ1) is 14.4. The number of benzene rings is 1. The molecule has 3 N–H and O–H groups in total. The molecule has 2 aromatic rings. The third-order valence-electron chi connectivity index (χ3n) is 2.54. The van der Waals surface area contributed by atoms with E-state index >= 15 is 0 Å². The molecule has 0 spiro atoms. The van der Waals surface area contributed by atoms with Crippen LogP contribution in [0, 0.1) is 11.6 Å². The van der Waals surface area contributed by atoms with Crippen LogP contribution in [-0.4, -0.2) is 18.2 Å². The Morgan fingerprint density at radius 3 is 2.65 bits per heavy atom. The molecule has 0 unspecified atom stereocenters. The number of rotatable bonds is 4. The first-order valence-electron chi connectivity index (χ1n) is 5.53. The van der Waals surface area contributed by atoms with Gasteiger partial charge >= 0.3 is 0 Å². The lowest BCUT2D eigenvalue weighted by atomic mass is 10.2. The van der Waals surface area contributed by atoms with Gasteiger partial charge in [-0.1, -0.05) is 0 Å². The van der Waals surface area contributed by atoms with Crippen LogP contribution in [0.25, 0.3) is 0 Å². The summed E-state index contributed by atoms with van der Waals surface area (Å²) < 4.78 is 54.6. The van der Waals surface area contributed by atoms with E-state index in [1.54, 1.807) is 7.05 Å². The first-order chi connectivity index (χ1) is 9.33. The quantitative estimate of drug-likeness (QED) is 0.880. The molecule has 1 aromatic heterocycles.